The summed E-state index contributed by atoms with van der Waals surface area (Å²) in [5.41, 5.74) is -0.989. The number of carbonyl (C=O) groups is 1. The summed E-state index contributed by atoms with van der Waals surface area (Å²) in [6.45, 7) is 0. The molecule has 19 heavy (non-hydrogen) atoms. The molecule has 1 aromatic carbocycles. The predicted octanol–water partition coefficient (Wildman–Crippen LogP) is 3.44. The molecule has 100 valence electrons. The molecule has 5 heteroatoms. The van der Waals surface area contributed by atoms with Crippen LogP contribution in [0.5, 0.6) is 0 Å². The van der Waals surface area contributed by atoms with E-state index in [2.05, 4.69) is 11.4 Å². The van der Waals surface area contributed by atoms with Crippen LogP contribution < -0.4 is 5.32 Å². The Bertz CT molecular complexity index is 533. The minimum atomic E-state index is -0.871. The van der Waals surface area contributed by atoms with Gasteiger partial charge in [0.05, 0.1) is 11.6 Å². The second-order valence-corrected chi connectivity index (χ2v) is 5.27. The SMILES string of the molecule is N#CC1(NC(=O)c2cc(Cl)ccc2F)CCCCC1. The van der Waals surface area contributed by atoms with E-state index in [1.165, 1.54) is 12.1 Å². The van der Waals surface area contributed by atoms with E-state index in [9.17, 15) is 14.4 Å². The highest BCUT2D eigenvalue weighted by Crippen LogP contribution is 2.28. The summed E-state index contributed by atoms with van der Waals surface area (Å²) in [4.78, 5) is 12.1. The lowest BCUT2D eigenvalue weighted by molar-refractivity contribution is 0.0898. The van der Waals surface area contributed by atoms with E-state index in [0.29, 0.717) is 17.9 Å². The minimum absolute atomic E-state index is 0.118. The highest BCUT2D eigenvalue weighted by Gasteiger charge is 2.34. The fraction of sp³-hybridized carbons (Fsp3) is 0.429. The summed E-state index contributed by atoms with van der Waals surface area (Å²) >= 11 is 5.76. The molecule has 1 fully saturated rings. The highest BCUT2D eigenvalue weighted by molar-refractivity contribution is 6.31. The number of nitrogens with one attached hydrogen (secondary N) is 1. The molecule has 0 saturated heterocycles. The molecule has 1 aromatic rings. The largest absolute Gasteiger partial charge is 0.334 e. The van der Waals surface area contributed by atoms with E-state index < -0.39 is 17.3 Å². The Morgan fingerprint density at radius 3 is 2.68 bits per heavy atom. The molecule has 1 saturated carbocycles. The van der Waals surface area contributed by atoms with Crippen molar-refractivity contribution < 1.29 is 9.18 Å². The molecule has 0 radical (unpaired) electrons. The van der Waals surface area contributed by atoms with E-state index in [0.717, 1.165) is 25.3 Å². The summed E-state index contributed by atoms with van der Waals surface area (Å²) in [6.07, 6.45) is 4.07. The first-order chi connectivity index (χ1) is 9.06. The molecular formula is C14H14ClFN2O. The van der Waals surface area contributed by atoms with E-state index in [1.807, 2.05) is 0 Å². The second-order valence-electron chi connectivity index (χ2n) is 4.83. The predicted molar refractivity (Wildman–Crippen MR) is 70.3 cm³/mol. The quantitative estimate of drug-likeness (QED) is 0.902. The van der Waals surface area contributed by atoms with Gasteiger partial charge in [-0.1, -0.05) is 30.9 Å². The van der Waals surface area contributed by atoms with Gasteiger partial charge in [-0.05, 0) is 31.0 Å². The van der Waals surface area contributed by atoms with E-state index >= 15 is 0 Å². The fourth-order valence-corrected chi connectivity index (χ4v) is 2.55. The van der Waals surface area contributed by atoms with Crippen LogP contribution in [0.1, 0.15) is 42.5 Å². The Labute approximate surface area is 116 Å². The monoisotopic (exact) mass is 280 g/mol. The van der Waals surface area contributed by atoms with Crippen LogP contribution in [-0.4, -0.2) is 11.4 Å². The standard InChI is InChI=1S/C14H14ClFN2O/c15-10-4-5-12(16)11(8-10)13(19)18-14(9-17)6-2-1-3-7-14/h4-5,8H,1-3,6-7H2,(H,18,19). The summed E-state index contributed by atoms with van der Waals surface area (Å²) < 4.78 is 13.6. The molecule has 2 rings (SSSR count). The number of rotatable bonds is 2. The molecule has 0 spiro atoms. The van der Waals surface area contributed by atoms with Crippen LogP contribution >= 0.6 is 11.6 Å². The van der Waals surface area contributed by atoms with Gasteiger partial charge in [-0.15, -0.1) is 0 Å². The van der Waals surface area contributed by atoms with Crippen LogP contribution in [0.3, 0.4) is 0 Å². The van der Waals surface area contributed by atoms with Crippen LogP contribution in [-0.2, 0) is 0 Å². The smallest absolute Gasteiger partial charge is 0.255 e. The molecule has 1 aliphatic rings. The van der Waals surface area contributed by atoms with Crippen molar-refractivity contribution in [2.45, 2.75) is 37.6 Å². The second kappa shape index (κ2) is 5.58. The summed E-state index contributed by atoms with van der Waals surface area (Å²) in [6, 6.07) is 5.98. The molecule has 0 aromatic heterocycles. The number of carbonyl (C=O) groups excluding carboxylic acids is 1. The average Bonchev–Trinajstić information content (AvgIpc) is 2.42. The first kappa shape index (κ1) is 13.8. The molecule has 0 heterocycles. The maximum atomic E-state index is 13.6. The van der Waals surface area contributed by atoms with Crippen molar-refractivity contribution in [3.8, 4) is 6.07 Å². The van der Waals surface area contributed by atoms with Gasteiger partial charge < -0.3 is 5.32 Å². The molecule has 0 unspecified atom stereocenters. The van der Waals surface area contributed by atoms with Crippen molar-refractivity contribution in [1.82, 2.24) is 5.32 Å². The molecule has 1 N–H and O–H groups in total. The maximum Gasteiger partial charge on any atom is 0.255 e. The van der Waals surface area contributed by atoms with Crippen molar-refractivity contribution >= 4 is 17.5 Å². The van der Waals surface area contributed by atoms with E-state index in [-0.39, 0.29) is 5.56 Å². The van der Waals surface area contributed by atoms with Crippen molar-refractivity contribution in [3.63, 3.8) is 0 Å². The zero-order valence-corrected chi connectivity index (χ0v) is 11.1. The zero-order chi connectivity index (χ0) is 13.9. The summed E-state index contributed by atoms with van der Waals surface area (Å²) in [5.74, 6) is -1.21. The fourth-order valence-electron chi connectivity index (χ4n) is 2.38. The number of nitrogens with zero attached hydrogens (tertiary/aromatic N) is 1. The van der Waals surface area contributed by atoms with Crippen molar-refractivity contribution in [2.75, 3.05) is 0 Å². The Morgan fingerprint density at radius 1 is 1.37 bits per heavy atom. The Morgan fingerprint density at radius 2 is 2.05 bits per heavy atom. The van der Waals surface area contributed by atoms with Crippen LogP contribution in [0.25, 0.3) is 0 Å². The van der Waals surface area contributed by atoms with Gasteiger partial charge in [0, 0.05) is 5.02 Å². The third-order valence-corrected chi connectivity index (χ3v) is 3.68. The Balaban J connectivity index is 2.20. The lowest BCUT2D eigenvalue weighted by atomic mass is 9.82. The molecule has 0 aliphatic heterocycles. The highest BCUT2D eigenvalue weighted by atomic mass is 35.5. The normalized spacial score (nSPS) is 17.5. The Hall–Kier alpha value is -1.60. The van der Waals surface area contributed by atoms with Gasteiger partial charge >= 0.3 is 0 Å². The van der Waals surface area contributed by atoms with E-state index in [1.54, 1.807) is 0 Å². The van der Waals surface area contributed by atoms with Crippen molar-refractivity contribution in [1.29, 1.82) is 5.26 Å². The van der Waals surface area contributed by atoms with Crippen molar-refractivity contribution in [2.24, 2.45) is 0 Å². The third-order valence-electron chi connectivity index (χ3n) is 3.45. The number of benzene rings is 1. The number of amides is 1. The van der Waals surface area contributed by atoms with Crippen LogP contribution in [0.2, 0.25) is 5.02 Å². The van der Waals surface area contributed by atoms with Gasteiger partial charge in [-0.3, -0.25) is 4.79 Å². The number of hydrogen-bond acceptors (Lipinski definition) is 2. The lowest BCUT2D eigenvalue weighted by Gasteiger charge is -2.31. The van der Waals surface area contributed by atoms with E-state index in [4.69, 9.17) is 11.6 Å². The van der Waals surface area contributed by atoms with Gasteiger partial charge in [0.1, 0.15) is 11.4 Å². The van der Waals surface area contributed by atoms with Crippen LogP contribution in [0.4, 0.5) is 4.39 Å². The van der Waals surface area contributed by atoms with Gasteiger partial charge in [0.2, 0.25) is 0 Å². The first-order valence-electron chi connectivity index (χ1n) is 6.25. The average molecular weight is 281 g/mol. The molecule has 3 nitrogen and oxygen atoms in total. The van der Waals surface area contributed by atoms with Crippen LogP contribution in [0, 0.1) is 17.1 Å². The third kappa shape index (κ3) is 3.05. The van der Waals surface area contributed by atoms with Gasteiger partial charge in [0.25, 0.3) is 5.91 Å². The van der Waals surface area contributed by atoms with Crippen molar-refractivity contribution in [3.05, 3.63) is 34.6 Å². The number of nitriles is 1. The maximum absolute atomic E-state index is 13.6. The molecule has 0 atom stereocenters. The summed E-state index contributed by atoms with van der Waals surface area (Å²) in [5, 5.41) is 12.2. The molecule has 1 aliphatic carbocycles. The van der Waals surface area contributed by atoms with Gasteiger partial charge in [-0.2, -0.15) is 5.26 Å². The molecule has 0 bridgehead atoms. The number of hydrogen-bond donors (Lipinski definition) is 1. The van der Waals surface area contributed by atoms with Crippen LogP contribution in [0.15, 0.2) is 18.2 Å². The molecular weight excluding hydrogens is 267 g/mol. The van der Waals surface area contributed by atoms with Gasteiger partial charge in [0.15, 0.2) is 0 Å². The topological polar surface area (TPSA) is 52.9 Å². The lowest BCUT2D eigenvalue weighted by Crippen LogP contribution is -2.48. The number of halogens is 2. The molecule has 1 amide bonds. The summed E-state index contributed by atoms with van der Waals surface area (Å²) in [7, 11) is 0. The van der Waals surface area contributed by atoms with Gasteiger partial charge in [-0.25, -0.2) is 4.39 Å². The first-order valence-corrected chi connectivity index (χ1v) is 6.63. The zero-order valence-electron chi connectivity index (χ0n) is 10.4. The Kier molecular flexibility index (Phi) is 4.06. The minimum Gasteiger partial charge on any atom is -0.334 e.